The highest BCUT2D eigenvalue weighted by Crippen LogP contribution is 2.23. The molecule has 0 aromatic heterocycles. The van der Waals surface area contributed by atoms with Crippen LogP contribution in [0.5, 0.6) is 0 Å². The van der Waals surface area contributed by atoms with Crippen LogP contribution in [0.25, 0.3) is 0 Å². The standard InChI is InChI=1S/C15H21N3O2/c1-10-7-11(2)18(9-10)14(19)8-12-3-5-13(6-4-12)15(16)17-20/h3-6,10-11,20H,7-9H2,1-2H3,(H2,16,17). The molecule has 2 rings (SSSR count). The second-order valence-electron chi connectivity index (χ2n) is 5.59. The molecular weight excluding hydrogens is 254 g/mol. The molecule has 0 spiro atoms. The van der Waals surface area contributed by atoms with Gasteiger partial charge in [-0.2, -0.15) is 0 Å². The van der Waals surface area contributed by atoms with Crippen LogP contribution in [0.15, 0.2) is 29.4 Å². The summed E-state index contributed by atoms with van der Waals surface area (Å²) in [5.74, 6) is 0.820. The fourth-order valence-corrected chi connectivity index (χ4v) is 2.77. The van der Waals surface area contributed by atoms with Crippen LogP contribution in [0.3, 0.4) is 0 Å². The van der Waals surface area contributed by atoms with E-state index in [-0.39, 0.29) is 11.7 Å². The highest BCUT2D eigenvalue weighted by atomic mass is 16.4. The largest absolute Gasteiger partial charge is 0.409 e. The molecule has 5 heteroatoms. The van der Waals surface area contributed by atoms with E-state index in [1.807, 2.05) is 17.0 Å². The number of hydrogen-bond donors (Lipinski definition) is 2. The Morgan fingerprint density at radius 3 is 2.55 bits per heavy atom. The van der Waals surface area contributed by atoms with Crippen molar-refractivity contribution in [1.82, 2.24) is 4.90 Å². The lowest BCUT2D eigenvalue weighted by molar-refractivity contribution is -0.131. The summed E-state index contributed by atoms with van der Waals surface area (Å²) < 4.78 is 0. The highest BCUT2D eigenvalue weighted by Gasteiger charge is 2.29. The molecule has 1 aliphatic heterocycles. The van der Waals surface area contributed by atoms with Gasteiger partial charge in [0, 0.05) is 18.2 Å². The summed E-state index contributed by atoms with van der Waals surface area (Å²) in [5, 5.41) is 11.6. The van der Waals surface area contributed by atoms with Crippen LogP contribution in [0.4, 0.5) is 0 Å². The second kappa shape index (κ2) is 5.94. The molecule has 1 heterocycles. The number of oxime groups is 1. The number of amides is 1. The first-order chi connectivity index (χ1) is 9.51. The van der Waals surface area contributed by atoms with Gasteiger partial charge in [-0.3, -0.25) is 4.79 Å². The normalized spacial score (nSPS) is 23.1. The second-order valence-corrected chi connectivity index (χ2v) is 5.59. The minimum atomic E-state index is 0.0740. The predicted octanol–water partition coefficient (Wildman–Crippen LogP) is 1.58. The molecule has 20 heavy (non-hydrogen) atoms. The Balaban J connectivity index is 2.01. The Morgan fingerprint density at radius 2 is 2.05 bits per heavy atom. The summed E-state index contributed by atoms with van der Waals surface area (Å²) >= 11 is 0. The van der Waals surface area contributed by atoms with Crippen molar-refractivity contribution in [3.05, 3.63) is 35.4 Å². The number of hydrogen-bond acceptors (Lipinski definition) is 3. The van der Waals surface area contributed by atoms with Crippen LogP contribution >= 0.6 is 0 Å². The number of carbonyl (C=O) groups excluding carboxylic acids is 1. The lowest BCUT2D eigenvalue weighted by Crippen LogP contribution is -2.35. The van der Waals surface area contributed by atoms with Crippen LogP contribution in [0.2, 0.25) is 0 Å². The van der Waals surface area contributed by atoms with Crippen LogP contribution in [-0.2, 0) is 11.2 Å². The van der Waals surface area contributed by atoms with Gasteiger partial charge in [-0.15, -0.1) is 0 Å². The third-order valence-electron chi connectivity index (χ3n) is 3.82. The van der Waals surface area contributed by atoms with Crippen molar-refractivity contribution >= 4 is 11.7 Å². The van der Waals surface area contributed by atoms with Gasteiger partial charge in [0.25, 0.3) is 0 Å². The zero-order chi connectivity index (χ0) is 14.7. The smallest absolute Gasteiger partial charge is 0.227 e. The summed E-state index contributed by atoms with van der Waals surface area (Å²) in [7, 11) is 0. The number of carbonyl (C=O) groups is 1. The Labute approximate surface area is 119 Å². The van der Waals surface area contributed by atoms with E-state index in [9.17, 15) is 4.79 Å². The predicted molar refractivity (Wildman–Crippen MR) is 77.6 cm³/mol. The molecule has 1 aliphatic rings. The quantitative estimate of drug-likeness (QED) is 0.380. The molecule has 1 saturated heterocycles. The van der Waals surface area contributed by atoms with Crippen LogP contribution in [0, 0.1) is 5.92 Å². The van der Waals surface area contributed by atoms with Crippen molar-refractivity contribution in [3.63, 3.8) is 0 Å². The first-order valence-corrected chi connectivity index (χ1v) is 6.87. The number of nitrogens with two attached hydrogens (primary N) is 1. The van der Waals surface area contributed by atoms with Crippen molar-refractivity contribution in [1.29, 1.82) is 0 Å². The van der Waals surface area contributed by atoms with Crippen molar-refractivity contribution in [3.8, 4) is 0 Å². The minimum absolute atomic E-state index is 0.0740. The third kappa shape index (κ3) is 3.10. The van der Waals surface area contributed by atoms with E-state index < -0.39 is 0 Å². The van der Waals surface area contributed by atoms with E-state index in [1.54, 1.807) is 12.1 Å². The maximum Gasteiger partial charge on any atom is 0.227 e. The topological polar surface area (TPSA) is 78.9 Å². The molecule has 1 amide bonds. The Morgan fingerprint density at radius 1 is 1.40 bits per heavy atom. The highest BCUT2D eigenvalue weighted by molar-refractivity contribution is 5.97. The number of amidine groups is 1. The third-order valence-corrected chi connectivity index (χ3v) is 3.82. The first kappa shape index (κ1) is 14.4. The first-order valence-electron chi connectivity index (χ1n) is 6.87. The van der Waals surface area contributed by atoms with Gasteiger partial charge in [0.1, 0.15) is 0 Å². The van der Waals surface area contributed by atoms with Crippen LogP contribution < -0.4 is 5.73 Å². The Kier molecular flexibility index (Phi) is 4.27. The number of rotatable bonds is 3. The number of likely N-dealkylation sites (tertiary alicyclic amines) is 1. The van der Waals surface area contributed by atoms with Crippen LogP contribution in [0.1, 0.15) is 31.4 Å². The number of nitrogens with zero attached hydrogens (tertiary/aromatic N) is 2. The number of benzene rings is 1. The molecule has 0 bridgehead atoms. The SMILES string of the molecule is CC1CC(C)N(C(=O)Cc2ccc(/C(N)=N/O)cc2)C1. The van der Waals surface area contributed by atoms with Gasteiger partial charge < -0.3 is 15.8 Å². The minimum Gasteiger partial charge on any atom is -0.409 e. The summed E-state index contributed by atoms with van der Waals surface area (Å²) in [6.45, 7) is 5.13. The Hall–Kier alpha value is -2.04. The molecule has 0 saturated carbocycles. The van der Waals surface area contributed by atoms with Gasteiger partial charge >= 0.3 is 0 Å². The van der Waals surface area contributed by atoms with Crippen molar-refractivity contribution in [2.45, 2.75) is 32.7 Å². The van der Waals surface area contributed by atoms with E-state index in [4.69, 9.17) is 10.9 Å². The van der Waals surface area contributed by atoms with Crippen molar-refractivity contribution < 1.29 is 10.0 Å². The fraction of sp³-hybridized carbons (Fsp3) is 0.467. The van der Waals surface area contributed by atoms with E-state index in [0.717, 1.165) is 18.5 Å². The van der Waals surface area contributed by atoms with Gasteiger partial charge in [-0.1, -0.05) is 36.3 Å². The molecular formula is C15H21N3O2. The molecule has 3 N–H and O–H groups in total. The summed E-state index contributed by atoms with van der Waals surface area (Å²) in [5.41, 5.74) is 7.09. The summed E-state index contributed by atoms with van der Waals surface area (Å²) in [4.78, 5) is 14.2. The maximum absolute atomic E-state index is 12.3. The fourth-order valence-electron chi connectivity index (χ4n) is 2.77. The molecule has 1 fully saturated rings. The van der Waals surface area contributed by atoms with E-state index in [1.165, 1.54) is 0 Å². The van der Waals surface area contributed by atoms with Gasteiger partial charge in [0.15, 0.2) is 5.84 Å². The van der Waals surface area contributed by atoms with Crippen molar-refractivity contribution in [2.75, 3.05) is 6.54 Å². The van der Waals surface area contributed by atoms with Gasteiger partial charge in [0.05, 0.1) is 6.42 Å². The molecule has 0 radical (unpaired) electrons. The zero-order valence-corrected chi connectivity index (χ0v) is 11.9. The van der Waals surface area contributed by atoms with Crippen molar-refractivity contribution in [2.24, 2.45) is 16.8 Å². The molecule has 0 aliphatic carbocycles. The maximum atomic E-state index is 12.3. The van der Waals surface area contributed by atoms with Gasteiger partial charge in [0.2, 0.25) is 5.91 Å². The van der Waals surface area contributed by atoms with Gasteiger partial charge in [-0.25, -0.2) is 0 Å². The summed E-state index contributed by atoms with van der Waals surface area (Å²) in [6.07, 6.45) is 1.47. The van der Waals surface area contributed by atoms with E-state index in [2.05, 4.69) is 19.0 Å². The monoisotopic (exact) mass is 275 g/mol. The van der Waals surface area contributed by atoms with E-state index >= 15 is 0 Å². The lowest BCUT2D eigenvalue weighted by atomic mass is 10.1. The molecule has 2 unspecified atom stereocenters. The molecule has 108 valence electrons. The Bertz CT molecular complexity index is 510. The average molecular weight is 275 g/mol. The molecule has 1 aromatic rings. The lowest BCUT2D eigenvalue weighted by Gasteiger charge is -2.21. The molecule has 5 nitrogen and oxygen atoms in total. The summed E-state index contributed by atoms with van der Waals surface area (Å²) in [6, 6.07) is 7.53. The molecule has 2 atom stereocenters. The zero-order valence-electron chi connectivity index (χ0n) is 11.9. The van der Waals surface area contributed by atoms with E-state index in [0.29, 0.717) is 23.9 Å². The van der Waals surface area contributed by atoms with Crippen LogP contribution in [-0.4, -0.2) is 34.4 Å². The van der Waals surface area contributed by atoms with Gasteiger partial charge in [-0.05, 0) is 24.8 Å². The average Bonchev–Trinajstić information content (AvgIpc) is 2.78. The molecule has 1 aromatic carbocycles.